The molecule has 1 fully saturated rings. The molecule has 0 amide bonds. The quantitative estimate of drug-likeness (QED) is 0.755. The van der Waals surface area contributed by atoms with Crippen molar-refractivity contribution in [3.05, 3.63) is 34.9 Å². The highest BCUT2D eigenvalue weighted by atomic mass is 14.9. The van der Waals surface area contributed by atoms with Crippen LogP contribution in [0.1, 0.15) is 61.3 Å². The standard InChI is InChI=1S/C15H21N/c1-11-4-2-5-12-7-8-13(10-14(11)12)15-6-3-9-16-15/h7-8,10-11,15-16H,2-6,9H2,1H3. The molecule has 86 valence electrons. The highest BCUT2D eigenvalue weighted by Crippen LogP contribution is 2.34. The van der Waals surface area contributed by atoms with Crippen LogP contribution >= 0.6 is 0 Å². The molecule has 0 spiro atoms. The van der Waals surface area contributed by atoms with E-state index in [0.29, 0.717) is 6.04 Å². The van der Waals surface area contributed by atoms with Gasteiger partial charge in [0.1, 0.15) is 0 Å². The van der Waals surface area contributed by atoms with Crippen molar-refractivity contribution < 1.29 is 0 Å². The van der Waals surface area contributed by atoms with Gasteiger partial charge in [-0.3, -0.25) is 0 Å². The van der Waals surface area contributed by atoms with Crippen LogP contribution in [0, 0.1) is 0 Å². The first-order valence-electron chi connectivity index (χ1n) is 6.71. The van der Waals surface area contributed by atoms with Crippen LogP contribution in [0.3, 0.4) is 0 Å². The molecule has 0 radical (unpaired) electrons. The molecule has 0 saturated carbocycles. The fourth-order valence-corrected chi connectivity index (χ4v) is 3.24. The van der Waals surface area contributed by atoms with Crippen LogP contribution in [-0.2, 0) is 6.42 Å². The van der Waals surface area contributed by atoms with Crippen LogP contribution in [0.4, 0.5) is 0 Å². The van der Waals surface area contributed by atoms with Gasteiger partial charge in [-0.2, -0.15) is 0 Å². The van der Waals surface area contributed by atoms with Crippen LogP contribution in [0.15, 0.2) is 18.2 Å². The average Bonchev–Trinajstić information content (AvgIpc) is 2.83. The summed E-state index contributed by atoms with van der Waals surface area (Å²) in [6, 6.07) is 7.82. The molecule has 1 aliphatic heterocycles. The van der Waals surface area contributed by atoms with Crippen molar-refractivity contribution in [2.45, 2.75) is 51.0 Å². The number of hydrogen-bond acceptors (Lipinski definition) is 1. The Labute approximate surface area is 98.3 Å². The molecule has 1 aliphatic carbocycles. The topological polar surface area (TPSA) is 12.0 Å². The van der Waals surface area contributed by atoms with E-state index in [0.717, 1.165) is 5.92 Å². The van der Waals surface area contributed by atoms with Gasteiger partial charge in [-0.25, -0.2) is 0 Å². The molecule has 3 rings (SSSR count). The fraction of sp³-hybridized carbons (Fsp3) is 0.600. The molecule has 1 heterocycles. The minimum absolute atomic E-state index is 0.624. The molecule has 2 unspecified atom stereocenters. The van der Waals surface area contributed by atoms with Gasteiger partial charge >= 0.3 is 0 Å². The second kappa shape index (κ2) is 4.21. The van der Waals surface area contributed by atoms with Gasteiger partial charge in [0.05, 0.1) is 0 Å². The Morgan fingerprint density at radius 1 is 1.19 bits per heavy atom. The molecule has 1 aromatic carbocycles. The van der Waals surface area contributed by atoms with Crippen molar-refractivity contribution in [2.24, 2.45) is 0 Å². The van der Waals surface area contributed by atoms with Crippen molar-refractivity contribution >= 4 is 0 Å². The Kier molecular flexibility index (Phi) is 2.72. The van der Waals surface area contributed by atoms with Crippen molar-refractivity contribution in [1.29, 1.82) is 0 Å². The van der Waals surface area contributed by atoms with Gasteiger partial charge < -0.3 is 5.32 Å². The Hall–Kier alpha value is -0.820. The van der Waals surface area contributed by atoms with Crippen LogP contribution in [0.25, 0.3) is 0 Å². The van der Waals surface area contributed by atoms with E-state index in [9.17, 15) is 0 Å². The Morgan fingerprint density at radius 2 is 2.12 bits per heavy atom. The molecule has 0 bridgehead atoms. The number of hydrogen-bond donors (Lipinski definition) is 1. The lowest BCUT2D eigenvalue weighted by Crippen LogP contribution is -2.14. The van der Waals surface area contributed by atoms with Crippen LogP contribution in [0.5, 0.6) is 0 Å². The summed E-state index contributed by atoms with van der Waals surface area (Å²) >= 11 is 0. The Balaban J connectivity index is 1.93. The fourth-order valence-electron chi connectivity index (χ4n) is 3.24. The Morgan fingerprint density at radius 3 is 2.94 bits per heavy atom. The number of aryl methyl sites for hydroxylation is 1. The van der Waals surface area contributed by atoms with E-state index in [1.807, 2.05) is 0 Å². The maximum Gasteiger partial charge on any atom is 0.0320 e. The van der Waals surface area contributed by atoms with Gasteiger partial charge in [-0.05, 0) is 61.3 Å². The third-order valence-corrected chi connectivity index (χ3v) is 4.25. The second-order valence-corrected chi connectivity index (χ2v) is 5.40. The van der Waals surface area contributed by atoms with Gasteiger partial charge in [-0.1, -0.05) is 25.1 Å². The molecule has 1 nitrogen and oxygen atoms in total. The summed E-state index contributed by atoms with van der Waals surface area (Å²) in [4.78, 5) is 0. The first-order chi connectivity index (χ1) is 7.84. The summed E-state index contributed by atoms with van der Waals surface area (Å²) in [5.41, 5.74) is 4.74. The van der Waals surface area contributed by atoms with E-state index < -0.39 is 0 Å². The predicted octanol–water partition coefficient (Wildman–Crippen LogP) is 3.55. The molecule has 2 aliphatic rings. The summed E-state index contributed by atoms with van der Waals surface area (Å²) in [5, 5.41) is 3.59. The zero-order valence-corrected chi connectivity index (χ0v) is 10.1. The number of nitrogens with one attached hydrogen (secondary N) is 1. The number of benzene rings is 1. The van der Waals surface area contributed by atoms with E-state index in [1.165, 1.54) is 44.2 Å². The molecule has 1 N–H and O–H groups in total. The van der Waals surface area contributed by atoms with E-state index in [2.05, 4.69) is 30.4 Å². The van der Waals surface area contributed by atoms with Gasteiger partial charge in [0, 0.05) is 6.04 Å². The zero-order chi connectivity index (χ0) is 11.0. The maximum atomic E-state index is 3.59. The van der Waals surface area contributed by atoms with E-state index in [4.69, 9.17) is 0 Å². The lowest BCUT2D eigenvalue weighted by molar-refractivity contribution is 0.584. The molecule has 1 aromatic rings. The van der Waals surface area contributed by atoms with E-state index >= 15 is 0 Å². The van der Waals surface area contributed by atoms with E-state index in [-0.39, 0.29) is 0 Å². The smallest absolute Gasteiger partial charge is 0.0320 e. The summed E-state index contributed by atoms with van der Waals surface area (Å²) in [6.07, 6.45) is 6.67. The van der Waals surface area contributed by atoms with Crippen molar-refractivity contribution in [2.75, 3.05) is 6.54 Å². The number of rotatable bonds is 1. The summed E-state index contributed by atoms with van der Waals surface area (Å²) in [6.45, 7) is 3.57. The lowest BCUT2D eigenvalue weighted by atomic mass is 9.82. The third kappa shape index (κ3) is 1.78. The molecule has 16 heavy (non-hydrogen) atoms. The normalized spacial score (nSPS) is 29.1. The molecular weight excluding hydrogens is 194 g/mol. The molecule has 0 aromatic heterocycles. The van der Waals surface area contributed by atoms with Gasteiger partial charge in [0.15, 0.2) is 0 Å². The SMILES string of the molecule is CC1CCCc2ccc(C3CCCN3)cc21. The minimum atomic E-state index is 0.624. The van der Waals surface area contributed by atoms with Crippen LogP contribution in [0.2, 0.25) is 0 Å². The first-order valence-corrected chi connectivity index (χ1v) is 6.71. The predicted molar refractivity (Wildman–Crippen MR) is 67.8 cm³/mol. The van der Waals surface area contributed by atoms with Crippen molar-refractivity contribution in [1.82, 2.24) is 5.32 Å². The molecule has 1 heteroatoms. The molecule has 2 atom stereocenters. The van der Waals surface area contributed by atoms with E-state index in [1.54, 1.807) is 11.1 Å². The van der Waals surface area contributed by atoms with Crippen molar-refractivity contribution in [3.8, 4) is 0 Å². The maximum absolute atomic E-state index is 3.59. The van der Waals surface area contributed by atoms with Gasteiger partial charge in [-0.15, -0.1) is 0 Å². The monoisotopic (exact) mass is 215 g/mol. The lowest BCUT2D eigenvalue weighted by Gasteiger charge is -2.24. The summed E-state index contributed by atoms with van der Waals surface area (Å²) < 4.78 is 0. The number of fused-ring (bicyclic) bond motifs is 1. The average molecular weight is 215 g/mol. The van der Waals surface area contributed by atoms with Gasteiger partial charge in [0.2, 0.25) is 0 Å². The van der Waals surface area contributed by atoms with Crippen molar-refractivity contribution in [3.63, 3.8) is 0 Å². The largest absolute Gasteiger partial charge is 0.310 e. The molecule has 1 saturated heterocycles. The summed E-state index contributed by atoms with van der Waals surface area (Å²) in [5.74, 6) is 0.769. The second-order valence-electron chi connectivity index (χ2n) is 5.40. The zero-order valence-electron chi connectivity index (χ0n) is 10.1. The highest BCUT2D eigenvalue weighted by Gasteiger charge is 2.20. The summed E-state index contributed by atoms with van der Waals surface area (Å²) in [7, 11) is 0. The Bertz CT molecular complexity index is 377. The van der Waals surface area contributed by atoms with Crippen LogP contribution in [-0.4, -0.2) is 6.54 Å². The first kappa shape index (κ1) is 10.3. The van der Waals surface area contributed by atoms with Gasteiger partial charge in [0.25, 0.3) is 0 Å². The third-order valence-electron chi connectivity index (χ3n) is 4.25. The minimum Gasteiger partial charge on any atom is -0.310 e. The van der Waals surface area contributed by atoms with Crippen LogP contribution < -0.4 is 5.32 Å². The molecular formula is C15H21N. The highest BCUT2D eigenvalue weighted by molar-refractivity contribution is 5.37.